The van der Waals surface area contributed by atoms with Crippen molar-refractivity contribution >= 4 is 5.97 Å². The highest BCUT2D eigenvalue weighted by Gasteiger charge is 2.47. The summed E-state index contributed by atoms with van der Waals surface area (Å²) in [5, 5.41) is 0. The Bertz CT molecular complexity index is 300. The van der Waals surface area contributed by atoms with Gasteiger partial charge in [-0.15, -0.1) is 0 Å². The van der Waals surface area contributed by atoms with Gasteiger partial charge in [0.1, 0.15) is 0 Å². The largest absolute Gasteiger partial charge is 0.428 e. The number of carbonyl (C=O) groups is 1. The molecule has 9 heteroatoms. The summed E-state index contributed by atoms with van der Waals surface area (Å²) in [6.07, 6.45) is -14.5. The van der Waals surface area contributed by atoms with E-state index in [0.29, 0.717) is 0 Å². The standard InChI is InChI=1S/C7H5F7O2/c1-2-6(10,11)16-5(15)3(4(8)9)7(12,13)14/h2H2,1H3. The molecule has 0 aromatic heterocycles. The SMILES string of the molecule is CCC(F)(F)OC(=O)C(=C(F)F)C(F)(F)F. The summed E-state index contributed by atoms with van der Waals surface area (Å²) in [6, 6.07) is 0. The molecule has 0 radical (unpaired) electrons. The number of halogens is 7. The van der Waals surface area contributed by atoms with E-state index in [0.717, 1.165) is 6.92 Å². The predicted octanol–water partition coefficient (Wildman–Crippen LogP) is 3.25. The van der Waals surface area contributed by atoms with Crippen LogP contribution in [0.15, 0.2) is 11.7 Å². The lowest BCUT2D eigenvalue weighted by atomic mass is 10.3. The number of hydrogen-bond acceptors (Lipinski definition) is 2. The summed E-state index contributed by atoms with van der Waals surface area (Å²) < 4.78 is 86.6. The highest BCUT2D eigenvalue weighted by molar-refractivity contribution is 5.90. The summed E-state index contributed by atoms with van der Waals surface area (Å²) in [6.45, 7) is 0.802. The second-order valence-electron chi connectivity index (χ2n) is 2.51. The minimum absolute atomic E-state index is 0.802. The molecule has 0 fully saturated rings. The first-order chi connectivity index (χ1) is 7.01. The summed E-state index contributed by atoms with van der Waals surface area (Å²) in [5.41, 5.74) is -3.03. The summed E-state index contributed by atoms with van der Waals surface area (Å²) in [4.78, 5) is 10.4. The molecular weight excluding hydrogens is 249 g/mol. The van der Waals surface area contributed by atoms with E-state index in [1.807, 2.05) is 0 Å². The molecule has 0 heterocycles. The van der Waals surface area contributed by atoms with E-state index in [9.17, 15) is 35.5 Å². The fraction of sp³-hybridized carbons (Fsp3) is 0.571. The van der Waals surface area contributed by atoms with Gasteiger partial charge in [0.05, 0.1) is 0 Å². The maximum atomic E-state index is 12.3. The van der Waals surface area contributed by atoms with Crippen LogP contribution >= 0.6 is 0 Å². The number of ether oxygens (including phenoxy) is 1. The minimum atomic E-state index is -5.75. The Labute approximate surface area is 84.7 Å². The zero-order valence-corrected chi connectivity index (χ0v) is 7.67. The number of alkyl halides is 5. The van der Waals surface area contributed by atoms with Crippen molar-refractivity contribution in [1.29, 1.82) is 0 Å². The molecule has 0 aliphatic rings. The topological polar surface area (TPSA) is 26.3 Å². The molecule has 0 aromatic carbocycles. The first kappa shape index (κ1) is 14.7. The fourth-order valence-corrected chi connectivity index (χ4v) is 0.559. The Morgan fingerprint density at radius 2 is 1.56 bits per heavy atom. The van der Waals surface area contributed by atoms with Crippen molar-refractivity contribution in [2.75, 3.05) is 0 Å². The summed E-state index contributed by atoms with van der Waals surface area (Å²) in [7, 11) is 0. The zero-order valence-electron chi connectivity index (χ0n) is 7.67. The molecule has 2 nitrogen and oxygen atoms in total. The van der Waals surface area contributed by atoms with Crippen LogP contribution in [-0.4, -0.2) is 18.3 Å². The van der Waals surface area contributed by atoms with E-state index in [-0.39, 0.29) is 0 Å². The average Bonchev–Trinajstić information content (AvgIpc) is 1.99. The van der Waals surface area contributed by atoms with Crippen LogP contribution in [0.2, 0.25) is 0 Å². The number of esters is 1. The smallest absolute Gasteiger partial charge is 0.397 e. The quantitative estimate of drug-likeness (QED) is 0.439. The van der Waals surface area contributed by atoms with E-state index in [2.05, 4.69) is 4.74 Å². The molecule has 0 unspecified atom stereocenters. The van der Waals surface area contributed by atoms with E-state index < -0.39 is 36.3 Å². The van der Waals surface area contributed by atoms with Crippen molar-refractivity contribution in [1.82, 2.24) is 0 Å². The number of hydrogen-bond donors (Lipinski definition) is 0. The van der Waals surface area contributed by atoms with Crippen molar-refractivity contribution in [3.05, 3.63) is 11.7 Å². The molecule has 0 aliphatic carbocycles. The van der Waals surface area contributed by atoms with Gasteiger partial charge in [-0.3, -0.25) is 0 Å². The monoisotopic (exact) mass is 254 g/mol. The molecule has 0 N–H and O–H groups in total. The number of carbonyl (C=O) groups excluding carboxylic acids is 1. The van der Waals surface area contributed by atoms with Gasteiger partial charge in [-0.1, -0.05) is 6.92 Å². The van der Waals surface area contributed by atoms with Gasteiger partial charge in [-0.05, 0) is 0 Å². The van der Waals surface area contributed by atoms with Crippen LogP contribution in [0, 0.1) is 0 Å². The maximum absolute atomic E-state index is 12.3. The lowest BCUT2D eigenvalue weighted by Crippen LogP contribution is -2.30. The molecule has 0 aromatic rings. The molecule has 0 amide bonds. The van der Waals surface area contributed by atoms with E-state index in [1.54, 1.807) is 0 Å². The second-order valence-corrected chi connectivity index (χ2v) is 2.51. The average molecular weight is 254 g/mol. The van der Waals surface area contributed by atoms with Crippen molar-refractivity contribution in [3.8, 4) is 0 Å². The third kappa shape index (κ3) is 4.07. The molecule has 0 aliphatic heterocycles. The summed E-state index contributed by atoms with van der Waals surface area (Å²) in [5.74, 6) is -2.81. The molecule has 0 spiro atoms. The molecule has 0 saturated carbocycles. The first-order valence-electron chi connectivity index (χ1n) is 3.75. The van der Waals surface area contributed by atoms with Crippen LogP contribution in [0.25, 0.3) is 0 Å². The Morgan fingerprint density at radius 3 is 1.81 bits per heavy atom. The highest BCUT2D eigenvalue weighted by Crippen LogP contribution is 2.32. The third-order valence-corrected chi connectivity index (χ3v) is 1.33. The molecule has 0 saturated heterocycles. The zero-order chi connectivity index (χ0) is 13.1. The molecule has 16 heavy (non-hydrogen) atoms. The molecule has 0 bridgehead atoms. The van der Waals surface area contributed by atoms with E-state index >= 15 is 0 Å². The van der Waals surface area contributed by atoms with Crippen molar-refractivity contribution in [3.63, 3.8) is 0 Å². The Kier molecular flexibility index (Phi) is 4.33. The van der Waals surface area contributed by atoms with E-state index in [4.69, 9.17) is 0 Å². The van der Waals surface area contributed by atoms with Gasteiger partial charge in [0.25, 0.3) is 6.08 Å². The number of rotatable bonds is 3. The highest BCUT2D eigenvalue weighted by atomic mass is 19.4. The van der Waals surface area contributed by atoms with Crippen LogP contribution in [0.3, 0.4) is 0 Å². The van der Waals surface area contributed by atoms with Crippen LogP contribution < -0.4 is 0 Å². The normalized spacial score (nSPS) is 12.2. The fourth-order valence-electron chi connectivity index (χ4n) is 0.559. The Hall–Kier alpha value is -1.28. The molecule has 0 rings (SSSR count). The molecule has 94 valence electrons. The Balaban J connectivity index is 5.04. The maximum Gasteiger partial charge on any atom is 0.428 e. The Morgan fingerprint density at radius 1 is 1.12 bits per heavy atom. The van der Waals surface area contributed by atoms with Crippen LogP contribution in [-0.2, 0) is 9.53 Å². The molecular formula is C7H5F7O2. The van der Waals surface area contributed by atoms with Crippen molar-refractivity contribution < 1.29 is 40.3 Å². The van der Waals surface area contributed by atoms with Gasteiger partial charge in [0.2, 0.25) is 5.57 Å². The van der Waals surface area contributed by atoms with Crippen LogP contribution in [0.1, 0.15) is 13.3 Å². The van der Waals surface area contributed by atoms with E-state index in [1.165, 1.54) is 0 Å². The lowest BCUT2D eigenvalue weighted by molar-refractivity contribution is -0.234. The second kappa shape index (κ2) is 4.71. The van der Waals surface area contributed by atoms with Gasteiger partial charge >= 0.3 is 18.3 Å². The van der Waals surface area contributed by atoms with Crippen LogP contribution in [0.5, 0.6) is 0 Å². The molecule has 0 atom stereocenters. The van der Waals surface area contributed by atoms with Gasteiger partial charge < -0.3 is 4.74 Å². The third-order valence-electron chi connectivity index (χ3n) is 1.33. The van der Waals surface area contributed by atoms with Gasteiger partial charge in [-0.25, -0.2) is 4.79 Å². The lowest BCUT2D eigenvalue weighted by Gasteiger charge is -2.16. The summed E-state index contributed by atoms with van der Waals surface area (Å²) >= 11 is 0. The van der Waals surface area contributed by atoms with Crippen molar-refractivity contribution in [2.24, 2.45) is 0 Å². The first-order valence-corrected chi connectivity index (χ1v) is 3.75. The minimum Gasteiger partial charge on any atom is -0.397 e. The van der Waals surface area contributed by atoms with Crippen molar-refractivity contribution in [2.45, 2.75) is 25.6 Å². The van der Waals surface area contributed by atoms with Gasteiger partial charge in [-0.2, -0.15) is 30.7 Å². The van der Waals surface area contributed by atoms with Gasteiger partial charge in [0.15, 0.2) is 0 Å². The predicted molar refractivity (Wildman–Crippen MR) is 36.6 cm³/mol. The van der Waals surface area contributed by atoms with Gasteiger partial charge in [0, 0.05) is 6.42 Å². The van der Waals surface area contributed by atoms with Crippen LogP contribution in [0.4, 0.5) is 30.7 Å².